The molecule has 0 saturated carbocycles. The van der Waals surface area contributed by atoms with Gasteiger partial charge in [-0.3, -0.25) is 9.59 Å². The van der Waals surface area contributed by atoms with Gasteiger partial charge in [0.1, 0.15) is 11.6 Å². The lowest BCUT2D eigenvalue weighted by Gasteiger charge is -2.27. The quantitative estimate of drug-likeness (QED) is 0.188. The van der Waals surface area contributed by atoms with E-state index in [0.717, 1.165) is 97.0 Å². The van der Waals surface area contributed by atoms with Gasteiger partial charge in [-0.25, -0.2) is 9.97 Å². The van der Waals surface area contributed by atoms with Crippen molar-refractivity contribution < 1.29 is 14.3 Å². The summed E-state index contributed by atoms with van der Waals surface area (Å²) in [6, 6.07) is 16.7. The number of carbonyl (C=O) groups excluding carboxylic acids is 2. The van der Waals surface area contributed by atoms with Crippen LogP contribution in [-0.4, -0.2) is 56.4 Å². The lowest BCUT2D eigenvalue weighted by atomic mass is 9.96. The third-order valence-electron chi connectivity index (χ3n) is 10.2. The number of rotatable bonds is 7. The van der Waals surface area contributed by atoms with Crippen LogP contribution in [0.5, 0.6) is 0 Å². The Kier molecular flexibility index (Phi) is 10.7. The summed E-state index contributed by atoms with van der Waals surface area (Å²) in [6.07, 6.45) is 10.5. The fourth-order valence-corrected chi connectivity index (χ4v) is 6.71. The van der Waals surface area contributed by atoms with Gasteiger partial charge in [-0.2, -0.15) is 0 Å². The SMILES string of the molecule is CC(C)[C@H](C)C(=O)N1CCC[C@H]1c1nc(-c2ccc(-c3ccc(-c4cnc([C@@H]5CCOCCCCC[C@H](C)C(=O)N5)[nH]4)cc3)cc2)c[nH]1. The van der Waals surface area contributed by atoms with Crippen LogP contribution in [0.15, 0.2) is 60.9 Å². The van der Waals surface area contributed by atoms with E-state index in [4.69, 9.17) is 9.72 Å². The van der Waals surface area contributed by atoms with Gasteiger partial charge in [-0.15, -0.1) is 0 Å². The molecule has 2 aromatic carbocycles. The summed E-state index contributed by atoms with van der Waals surface area (Å²) in [5.74, 6) is 2.22. The van der Waals surface area contributed by atoms with E-state index in [9.17, 15) is 9.59 Å². The number of ether oxygens (including phenoxy) is 1. The van der Waals surface area contributed by atoms with Crippen molar-refractivity contribution in [2.24, 2.45) is 17.8 Å². The van der Waals surface area contributed by atoms with E-state index in [1.807, 2.05) is 31.1 Å². The minimum atomic E-state index is -0.218. The fourth-order valence-electron chi connectivity index (χ4n) is 6.71. The van der Waals surface area contributed by atoms with Gasteiger partial charge in [0.15, 0.2) is 0 Å². The van der Waals surface area contributed by atoms with E-state index in [0.29, 0.717) is 18.9 Å². The number of hydrogen-bond donors (Lipinski definition) is 3. The van der Waals surface area contributed by atoms with E-state index < -0.39 is 0 Å². The van der Waals surface area contributed by atoms with Gasteiger partial charge in [0.2, 0.25) is 11.8 Å². The molecule has 0 bridgehead atoms. The Morgan fingerprint density at radius 3 is 2.29 bits per heavy atom. The van der Waals surface area contributed by atoms with Gasteiger partial charge in [0, 0.05) is 43.4 Å². The molecule has 2 aliphatic rings. The molecule has 6 rings (SSSR count). The van der Waals surface area contributed by atoms with Crippen LogP contribution in [-0.2, 0) is 14.3 Å². The molecule has 0 spiro atoms. The van der Waals surface area contributed by atoms with Crippen molar-refractivity contribution in [2.75, 3.05) is 19.8 Å². The third kappa shape index (κ3) is 7.73. The standard InChI is InChI=1S/C39H50N6O3/c1-25(2)27(4)39(47)45-20-8-10-35(45)37-41-24-34(43-37)31-17-13-29(14-18-31)28-11-15-30(16-12-28)33-23-40-36(42-33)32-19-22-48-21-7-5-6-9-26(3)38(46)44-32/h11-18,23-27,32,35H,5-10,19-22H2,1-4H3,(H,40,42)(H,41,43)(H,44,46)/t26-,27-,32-,35-/m0/s1. The molecule has 2 saturated heterocycles. The van der Waals surface area contributed by atoms with Crippen LogP contribution in [0.25, 0.3) is 33.6 Å². The lowest BCUT2D eigenvalue weighted by molar-refractivity contribution is -0.137. The van der Waals surface area contributed by atoms with Crippen LogP contribution in [0.4, 0.5) is 0 Å². The molecule has 0 radical (unpaired) electrons. The molecule has 2 amide bonds. The summed E-state index contributed by atoms with van der Waals surface area (Å²) in [5, 5.41) is 3.21. The van der Waals surface area contributed by atoms with Crippen molar-refractivity contribution >= 4 is 11.8 Å². The number of amides is 2. The van der Waals surface area contributed by atoms with E-state index in [2.05, 4.69) is 82.6 Å². The number of nitrogens with zero attached hydrogens (tertiary/aromatic N) is 3. The summed E-state index contributed by atoms with van der Waals surface area (Å²) >= 11 is 0. The molecule has 4 heterocycles. The van der Waals surface area contributed by atoms with E-state index >= 15 is 0 Å². The van der Waals surface area contributed by atoms with Crippen molar-refractivity contribution in [1.82, 2.24) is 30.2 Å². The maximum atomic E-state index is 13.1. The van der Waals surface area contributed by atoms with Crippen LogP contribution in [0.1, 0.15) is 96.4 Å². The molecular weight excluding hydrogens is 600 g/mol. The zero-order chi connectivity index (χ0) is 33.6. The monoisotopic (exact) mass is 650 g/mol. The Labute approximate surface area is 284 Å². The number of H-pyrrole nitrogens is 2. The highest BCUT2D eigenvalue weighted by Gasteiger charge is 2.35. The summed E-state index contributed by atoms with van der Waals surface area (Å²) in [5.41, 5.74) is 6.10. The van der Waals surface area contributed by atoms with Gasteiger partial charge in [-0.1, -0.05) is 89.1 Å². The molecule has 3 N–H and O–H groups in total. The maximum Gasteiger partial charge on any atom is 0.226 e. The average Bonchev–Trinajstić information content (AvgIpc) is 3.89. The predicted octanol–water partition coefficient (Wildman–Crippen LogP) is 7.86. The molecule has 0 unspecified atom stereocenters. The first-order chi connectivity index (χ1) is 23.3. The van der Waals surface area contributed by atoms with Gasteiger partial charge >= 0.3 is 0 Å². The van der Waals surface area contributed by atoms with Gasteiger partial charge in [-0.05, 0) is 54.7 Å². The van der Waals surface area contributed by atoms with Crippen molar-refractivity contribution in [1.29, 1.82) is 0 Å². The smallest absolute Gasteiger partial charge is 0.226 e. The Morgan fingerprint density at radius 1 is 0.854 bits per heavy atom. The topological polar surface area (TPSA) is 116 Å². The zero-order valence-corrected chi connectivity index (χ0v) is 28.8. The number of hydrogen-bond acceptors (Lipinski definition) is 5. The third-order valence-corrected chi connectivity index (χ3v) is 10.2. The number of aromatic nitrogens is 4. The van der Waals surface area contributed by atoms with Crippen molar-refractivity contribution in [3.63, 3.8) is 0 Å². The van der Waals surface area contributed by atoms with Gasteiger partial charge in [0.05, 0.1) is 29.7 Å². The Morgan fingerprint density at radius 2 is 1.56 bits per heavy atom. The lowest BCUT2D eigenvalue weighted by Crippen LogP contribution is -2.36. The molecule has 0 aliphatic carbocycles. The second-order valence-electron chi connectivity index (χ2n) is 13.9. The summed E-state index contributed by atoms with van der Waals surface area (Å²) in [6.45, 7) is 10.4. The minimum absolute atomic E-state index is 0.00183. The van der Waals surface area contributed by atoms with Crippen molar-refractivity contribution in [3.8, 4) is 33.6 Å². The second kappa shape index (κ2) is 15.3. The van der Waals surface area contributed by atoms with Crippen LogP contribution < -0.4 is 5.32 Å². The molecule has 2 aromatic heterocycles. The summed E-state index contributed by atoms with van der Waals surface area (Å²) < 4.78 is 5.84. The summed E-state index contributed by atoms with van der Waals surface area (Å²) in [4.78, 5) is 44.4. The molecule has 4 atom stereocenters. The number of likely N-dealkylation sites (tertiary alicyclic amines) is 1. The first-order valence-electron chi connectivity index (χ1n) is 17.8. The number of aromatic amines is 2. The number of imidazole rings is 2. The molecule has 9 nitrogen and oxygen atoms in total. The van der Waals surface area contributed by atoms with Crippen molar-refractivity contribution in [3.05, 3.63) is 72.6 Å². The van der Waals surface area contributed by atoms with Crippen LogP contribution in [0.3, 0.4) is 0 Å². The van der Waals surface area contributed by atoms with Gasteiger partial charge in [0.25, 0.3) is 0 Å². The van der Waals surface area contributed by atoms with E-state index in [1.54, 1.807) is 0 Å². The predicted molar refractivity (Wildman–Crippen MR) is 189 cm³/mol. The molecule has 48 heavy (non-hydrogen) atoms. The molecular formula is C39H50N6O3. The Bertz CT molecular complexity index is 1660. The molecule has 254 valence electrons. The highest BCUT2D eigenvalue weighted by molar-refractivity contribution is 5.80. The normalized spacial score (nSPS) is 21.8. The Balaban J connectivity index is 1.11. The molecule has 4 aromatic rings. The largest absolute Gasteiger partial charge is 0.381 e. The maximum absolute atomic E-state index is 13.1. The van der Waals surface area contributed by atoms with Crippen LogP contribution in [0, 0.1) is 17.8 Å². The van der Waals surface area contributed by atoms with Gasteiger partial charge < -0.3 is 24.9 Å². The highest BCUT2D eigenvalue weighted by atomic mass is 16.5. The second-order valence-corrected chi connectivity index (χ2v) is 13.9. The van der Waals surface area contributed by atoms with Crippen molar-refractivity contribution in [2.45, 2.75) is 84.7 Å². The fraction of sp³-hybridized carbons (Fsp3) is 0.487. The Hall–Kier alpha value is -4.24. The summed E-state index contributed by atoms with van der Waals surface area (Å²) in [7, 11) is 0. The van der Waals surface area contributed by atoms with Crippen LogP contribution in [0.2, 0.25) is 0 Å². The van der Waals surface area contributed by atoms with E-state index in [-0.39, 0.29) is 35.7 Å². The number of carbonyl (C=O) groups is 2. The zero-order valence-electron chi connectivity index (χ0n) is 28.8. The average molecular weight is 651 g/mol. The minimum Gasteiger partial charge on any atom is -0.381 e. The number of benzene rings is 2. The first kappa shape index (κ1) is 33.7. The highest BCUT2D eigenvalue weighted by Crippen LogP contribution is 2.34. The van der Waals surface area contributed by atoms with E-state index in [1.165, 1.54) is 0 Å². The number of nitrogens with one attached hydrogen (secondary N) is 3. The first-order valence-corrected chi connectivity index (χ1v) is 17.8. The van der Waals surface area contributed by atoms with Crippen LogP contribution >= 0.6 is 0 Å². The molecule has 2 aliphatic heterocycles. The molecule has 2 fully saturated rings. The molecule has 9 heteroatoms.